The van der Waals surface area contributed by atoms with Gasteiger partial charge in [0.1, 0.15) is 0 Å². The topological polar surface area (TPSA) is 15.3 Å². The fourth-order valence-electron chi connectivity index (χ4n) is 3.57. The Morgan fingerprint density at radius 1 is 1.33 bits per heavy atom. The maximum Gasteiger partial charge on any atom is 0.0159 e. The quantitative estimate of drug-likeness (QED) is 0.748. The van der Waals surface area contributed by atoms with Crippen molar-refractivity contribution in [2.45, 2.75) is 72.4 Å². The minimum absolute atomic E-state index is 0.468. The molecule has 1 fully saturated rings. The highest BCUT2D eigenvalue weighted by Crippen LogP contribution is 2.41. The molecular formula is C16H34N2. The molecule has 1 aliphatic carbocycles. The van der Waals surface area contributed by atoms with Crippen LogP contribution < -0.4 is 5.32 Å². The molecule has 0 bridgehead atoms. The van der Waals surface area contributed by atoms with Crippen molar-refractivity contribution >= 4 is 0 Å². The van der Waals surface area contributed by atoms with Crippen molar-refractivity contribution in [2.24, 2.45) is 11.3 Å². The summed E-state index contributed by atoms with van der Waals surface area (Å²) in [5.41, 5.74) is 0.468. The standard InChI is InChI=1S/C16H34N2/c1-7-9-13(3)18(6)12-14-10-11-16(4,5)15(14)17-8-2/h13-15,17H,7-12H2,1-6H3. The van der Waals surface area contributed by atoms with Gasteiger partial charge >= 0.3 is 0 Å². The van der Waals surface area contributed by atoms with Crippen LogP contribution in [0.5, 0.6) is 0 Å². The summed E-state index contributed by atoms with van der Waals surface area (Å²) in [4.78, 5) is 2.57. The maximum absolute atomic E-state index is 3.73. The van der Waals surface area contributed by atoms with Crippen molar-refractivity contribution in [1.82, 2.24) is 10.2 Å². The molecular weight excluding hydrogens is 220 g/mol. The third-order valence-corrected chi connectivity index (χ3v) is 4.88. The Kier molecular flexibility index (Phi) is 6.13. The number of nitrogens with zero attached hydrogens (tertiary/aromatic N) is 1. The van der Waals surface area contributed by atoms with Crippen molar-refractivity contribution in [3.63, 3.8) is 0 Å². The highest BCUT2D eigenvalue weighted by molar-refractivity contribution is 4.97. The summed E-state index contributed by atoms with van der Waals surface area (Å²) in [7, 11) is 2.30. The average molecular weight is 254 g/mol. The van der Waals surface area contributed by atoms with Gasteiger partial charge in [-0.05, 0) is 51.1 Å². The minimum atomic E-state index is 0.468. The molecule has 0 spiro atoms. The van der Waals surface area contributed by atoms with E-state index in [2.05, 4.69) is 51.9 Å². The zero-order valence-electron chi connectivity index (χ0n) is 13.4. The lowest BCUT2D eigenvalue weighted by Crippen LogP contribution is -2.46. The molecule has 1 rings (SSSR count). The minimum Gasteiger partial charge on any atom is -0.313 e. The number of rotatable bonds is 7. The van der Waals surface area contributed by atoms with Gasteiger partial charge in [-0.15, -0.1) is 0 Å². The second-order valence-corrected chi connectivity index (χ2v) is 6.90. The average Bonchev–Trinajstić information content (AvgIpc) is 2.57. The molecule has 108 valence electrons. The van der Waals surface area contributed by atoms with Gasteiger partial charge in [-0.2, -0.15) is 0 Å². The van der Waals surface area contributed by atoms with Crippen molar-refractivity contribution in [1.29, 1.82) is 0 Å². The van der Waals surface area contributed by atoms with Gasteiger partial charge in [-0.3, -0.25) is 0 Å². The Morgan fingerprint density at radius 3 is 2.56 bits per heavy atom. The first kappa shape index (κ1) is 16.0. The van der Waals surface area contributed by atoms with Gasteiger partial charge in [-0.1, -0.05) is 34.1 Å². The predicted molar refractivity (Wildman–Crippen MR) is 81.0 cm³/mol. The van der Waals surface area contributed by atoms with Crippen molar-refractivity contribution in [2.75, 3.05) is 20.1 Å². The number of hydrogen-bond acceptors (Lipinski definition) is 2. The Balaban J connectivity index is 2.55. The third-order valence-electron chi connectivity index (χ3n) is 4.88. The predicted octanol–water partition coefficient (Wildman–Crippen LogP) is 3.52. The molecule has 0 aromatic rings. The summed E-state index contributed by atoms with van der Waals surface area (Å²) in [5.74, 6) is 0.823. The van der Waals surface area contributed by atoms with Crippen LogP contribution in [0, 0.1) is 11.3 Å². The lowest BCUT2D eigenvalue weighted by atomic mass is 9.84. The van der Waals surface area contributed by atoms with Gasteiger partial charge in [0.2, 0.25) is 0 Å². The summed E-state index contributed by atoms with van der Waals surface area (Å²) in [6, 6.07) is 1.42. The van der Waals surface area contributed by atoms with Crippen molar-refractivity contribution < 1.29 is 0 Å². The fraction of sp³-hybridized carbons (Fsp3) is 1.00. The summed E-state index contributed by atoms with van der Waals surface area (Å²) in [6.45, 7) is 14.1. The van der Waals surface area contributed by atoms with Crippen LogP contribution in [-0.2, 0) is 0 Å². The van der Waals surface area contributed by atoms with Gasteiger partial charge in [0, 0.05) is 18.6 Å². The van der Waals surface area contributed by atoms with Crippen LogP contribution in [0.4, 0.5) is 0 Å². The van der Waals surface area contributed by atoms with Crippen LogP contribution in [-0.4, -0.2) is 37.1 Å². The molecule has 0 aromatic carbocycles. The van der Waals surface area contributed by atoms with E-state index in [0.717, 1.165) is 18.5 Å². The van der Waals surface area contributed by atoms with E-state index >= 15 is 0 Å². The third kappa shape index (κ3) is 3.96. The first-order valence-electron chi connectivity index (χ1n) is 7.86. The zero-order chi connectivity index (χ0) is 13.8. The van der Waals surface area contributed by atoms with Gasteiger partial charge in [0.15, 0.2) is 0 Å². The summed E-state index contributed by atoms with van der Waals surface area (Å²) < 4.78 is 0. The molecule has 0 aromatic heterocycles. The van der Waals surface area contributed by atoms with E-state index in [1.807, 2.05) is 0 Å². The molecule has 1 N–H and O–H groups in total. The molecule has 2 heteroatoms. The van der Waals surface area contributed by atoms with Gasteiger partial charge in [0.05, 0.1) is 0 Å². The normalized spacial score (nSPS) is 28.8. The monoisotopic (exact) mass is 254 g/mol. The zero-order valence-corrected chi connectivity index (χ0v) is 13.4. The summed E-state index contributed by atoms with van der Waals surface area (Å²) >= 11 is 0. The van der Waals surface area contributed by atoms with E-state index in [4.69, 9.17) is 0 Å². The molecule has 2 nitrogen and oxygen atoms in total. The molecule has 18 heavy (non-hydrogen) atoms. The Bertz CT molecular complexity index is 237. The highest BCUT2D eigenvalue weighted by atomic mass is 15.1. The summed E-state index contributed by atoms with van der Waals surface area (Å²) in [5, 5.41) is 3.73. The maximum atomic E-state index is 3.73. The van der Waals surface area contributed by atoms with E-state index in [-0.39, 0.29) is 0 Å². The van der Waals surface area contributed by atoms with E-state index < -0.39 is 0 Å². The van der Waals surface area contributed by atoms with Crippen LogP contribution in [0.15, 0.2) is 0 Å². The van der Waals surface area contributed by atoms with Crippen LogP contribution in [0.1, 0.15) is 60.3 Å². The van der Waals surface area contributed by atoms with Gasteiger partial charge in [0.25, 0.3) is 0 Å². The molecule has 0 radical (unpaired) electrons. The lowest BCUT2D eigenvalue weighted by Gasteiger charge is -2.35. The second kappa shape index (κ2) is 6.91. The molecule has 0 aliphatic heterocycles. The molecule has 0 heterocycles. The second-order valence-electron chi connectivity index (χ2n) is 6.90. The highest BCUT2D eigenvalue weighted by Gasteiger charge is 2.41. The number of nitrogens with one attached hydrogen (secondary N) is 1. The SMILES string of the molecule is CCCC(C)N(C)CC1CCC(C)(C)C1NCC. The lowest BCUT2D eigenvalue weighted by molar-refractivity contribution is 0.172. The smallest absolute Gasteiger partial charge is 0.0159 e. The van der Waals surface area contributed by atoms with Crippen LogP contribution in [0.3, 0.4) is 0 Å². The Hall–Kier alpha value is -0.0800. The van der Waals surface area contributed by atoms with E-state index in [9.17, 15) is 0 Å². The first-order valence-corrected chi connectivity index (χ1v) is 7.86. The molecule has 0 amide bonds. The van der Waals surface area contributed by atoms with E-state index in [0.29, 0.717) is 11.5 Å². The van der Waals surface area contributed by atoms with Gasteiger partial charge in [-0.25, -0.2) is 0 Å². The van der Waals surface area contributed by atoms with E-state index in [1.54, 1.807) is 0 Å². The Labute approximate surface area is 115 Å². The molecule has 3 unspecified atom stereocenters. The number of hydrogen-bond donors (Lipinski definition) is 1. The summed E-state index contributed by atoms with van der Waals surface area (Å²) in [6.07, 6.45) is 5.36. The first-order chi connectivity index (χ1) is 8.42. The van der Waals surface area contributed by atoms with Crippen molar-refractivity contribution in [3.05, 3.63) is 0 Å². The molecule has 3 atom stereocenters. The largest absolute Gasteiger partial charge is 0.313 e. The van der Waals surface area contributed by atoms with E-state index in [1.165, 1.54) is 32.2 Å². The molecule has 1 aliphatic rings. The van der Waals surface area contributed by atoms with Crippen LogP contribution in [0.25, 0.3) is 0 Å². The van der Waals surface area contributed by atoms with Crippen LogP contribution in [0.2, 0.25) is 0 Å². The molecule has 0 saturated heterocycles. The van der Waals surface area contributed by atoms with Gasteiger partial charge < -0.3 is 10.2 Å². The van der Waals surface area contributed by atoms with Crippen molar-refractivity contribution in [3.8, 4) is 0 Å². The van der Waals surface area contributed by atoms with Crippen LogP contribution >= 0.6 is 0 Å². The fourth-order valence-corrected chi connectivity index (χ4v) is 3.57. The molecule has 1 saturated carbocycles. The Morgan fingerprint density at radius 2 is 2.00 bits per heavy atom.